The van der Waals surface area contributed by atoms with Crippen molar-refractivity contribution < 1.29 is 4.74 Å². The van der Waals surface area contributed by atoms with E-state index >= 15 is 0 Å². The molecule has 0 aromatic carbocycles. The molecule has 1 heterocycles. The summed E-state index contributed by atoms with van der Waals surface area (Å²) in [7, 11) is 1.71. The van der Waals surface area contributed by atoms with Crippen LogP contribution in [0.5, 0.6) is 0 Å². The van der Waals surface area contributed by atoms with E-state index in [1.807, 2.05) is 18.3 Å². The maximum Gasteiger partial charge on any atom is 0.0664 e. The van der Waals surface area contributed by atoms with Crippen molar-refractivity contribution in [3.63, 3.8) is 0 Å². The zero-order valence-corrected chi connectivity index (χ0v) is 9.15. The second-order valence-corrected chi connectivity index (χ2v) is 3.47. The molecule has 1 unspecified atom stereocenters. The Hall–Kier alpha value is -1.13. The SMILES string of the molecule is COCC(CCCN)Nc1cccnc1. The minimum Gasteiger partial charge on any atom is -0.383 e. The monoisotopic (exact) mass is 209 g/mol. The van der Waals surface area contributed by atoms with Crippen LogP contribution in [-0.2, 0) is 4.74 Å². The quantitative estimate of drug-likeness (QED) is 0.709. The van der Waals surface area contributed by atoms with Crippen molar-refractivity contribution in [2.45, 2.75) is 18.9 Å². The van der Waals surface area contributed by atoms with Crippen LogP contribution in [-0.4, -0.2) is 31.3 Å². The Labute approximate surface area is 90.8 Å². The highest BCUT2D eigenvalue weighted by atomic mass is 16.5. The Morgan fingerprint density at radius 3 is 3.07 bits per heavy atom. The summed E-state index contributed by atoms with van der Waals surface area (Å²) in [5, 5.41) is 3.37. The third kappa shape index (κ3) is 4.76. The molecule has 0 aliphatic heterocycles. The smallest absolute Gasteiger partial charge is 0.0664 e. The third-order valence-corrected chi connectivity index (χ3v) is 2.16. The Bertz CT molecular complexity index is 253. The van der Waals surface area contributed by atoms with Gasteiger partial charge in [0.25, 0.3) is 0 Å². The van der Waals surface area contributed by atoms with Crippen molar-refractivity contribution in [3.05, 3.63) is 24.5 Å². The van der Waals surface area contributed by atoms with Crippen LogP contribution >= 0.6 is 0 Å². The molecule has 1 aromatic heterocycles. The molecule has 0 bridgehead atoms. The molecule has 0 spiro atoms. The molecule has 0 aliphatic carbocycles. The highest BCUT2D eigenvalue weighted by Crippen LogP contribution is 2.08. The topological polar surface area (TPSA) is 60.2 Å². The van der Waals surface area contributed by atoms with Crippen LogP contribution in [0.25, 0.3) is 0 Å². The van der Waals surface area contributed by atoms with Gasteiger partial charge in [-0.2, -0.15) is 0 Å². The van der Waals surface area contributed by atoms with Crippen molar-refractivity contribution in [2.75, 3.05) is 25.6 Å². The molecular formula is C11H19N3O. The number of ether oxygens (including phenoxy) is 1. The van der Waals surface area contributed by atoms with Gasteiger partial charge in [-0.1, -0.05) is 0 Å². The van der Waals surface area contributed by atoms with E-state index < -0.39 is 0 Å². The van der Waals surface area contributed by atoms with Gasteiger partial charge in [0.2, 0.25) is 0 Å². The van der Waals surface area contributed by atoms with Gasteiger partial charge in [0.1, 0.15) is 0 Å². The molecule has 1 rings (SSSR count). The number of anilines is 1. The summed E-state index contributed by atoms with van der Waals surface area (Å²) in [4.78, 5) is 4.05. The van der Waals surface area contributed by atoms with Gasteiger partial charge in [-0.05, 0) is 31.5 Å². The lowest BCUT2D eigenvalue weighted by Gasteiger charge is -2.18. The van der Waals surface area contributed by atoms with E-state index in [9.17, 15) is 0 Å². The van der Waals surface area contributed by atoms with Crippen LogP contribution in [0, 0.1) is 0 Å². The summed E-state index contributed by atoms with van der Waals surface area (Å²) in [6, 6.07) is 4.22. The van der Waals surface area contributed by atoms with Gasteiger partial charge >= 0.3 is 0 Å². The summed E-state index contributed by atoms with van der Waals surface area (Å²) < 4.78 is 5.15. The number of rotatable bonds is 7. The molecule has 0 fully saturated rings. The van der Waals surface area contributed by atoms with E-state index in [-0.39, 0.29) is 0 Å². The second kappa shape index (κ2) is 7.20. The molecular weight excluding hydrogens is 190 g/mol. The molecule has 0 saturated carbocycles. The van der Waals surface area contributed by atoms with Crippen molar-refractivity contribution in [3.8, 4) is 0 Å². The van der Waals surface area contributed by atoms with Crippen LogP contribution in [0.3, 0.4) is 0 Å². The van der Waals surface area contributed by atoms with Crippen LogP contribution in [0.4, 0.5) is 5.69 Å². The fourth-order valence-electron chi connectivity index (χ4n) is 1.45. The lowest BCUT2D eigenvalue weighted by molar-refractivity contribution is 0.182. The number of pyridine rings is 1. The van der Waals surface area contributed by atoms with Gasteiger partial charge in [-0.3, -0.25) is 4.98 Å². The number of nitrogens with two attached hydrogens (primary N) is 1. The van der Waals surface area contributed by atoms with Gasteiger partial charge in [0.15, 0.2) is 0 Å². The predicted molar refractivity (Wildman–Crippen MR) is 61.8 cm³/mol. The first kappa shape index (κ1) is 11.9. The van der Waals surface area contributed by atoms with Crippen LogP contribution in [0.2, 0.25) is 0 Å². The van der Waals surface area contributed by atoms with Gasteiger partial charge in [-0.15, -0.1) is 0 Å². The molecule has 0 amide bonds. The van der Waals surface area contributed by atoms with Crippen molar-refractivity contribution >= 4 is 5.69 Å². The maximum atomic E-state index is 5.49. The van der Waals surface area contributed by atoms with Crippen molar-refractivity contribution in [2.24, 2.45) is 5.73 Å². The Morgan fingerprint density at radius 1 is 1.60 bits per heavy atom. The number of hydrogen-bond donors (Lipinski definition) is 2. The van der Waals surface area contributed by atoms with Crippen LogP contribution in [0.1, 0.15) is 12.8 Å². The van der Waals surface area contributed by atoms with Crippen LogP contribution in [0.15, 0.2) is 24.5 Å². The van der Waals surface area contributed by atoms with Gasteiger partial charge in [0.05, 0.1) is 12.3 Å². The molecule has 4 nitrogen and oxygen atoms in total. The molecule has 3 N–H and O–H groups in total. The fourth-order valence-corrected chi connectivity index (χ4v) is 1.45. The van der Waals surface area contributed by atoms with Gasteiger partial charge < -0.3 is 15.8 Å². The summed E-state index contributed by atoms with van der Waals surface area (Å²) in [5.41, 5.74) is 6.51. The Morgan fingerprint density at radius 2 is 2.47 bits per heavy atom. The summed E-state index contributed by atoms with van der Waals surface area (Å²) in [6.45, 7) is 1.41. The molecule has 0 radical (unpaired) electrons. The first-order valence-electron chi connectivity index (χ1n) is 5.22. The molecule has 0 saturated heterocycles. The average molecular weight is 209 g/mol. The van der Waals surface area contributed by atoms with Crippen LogP contribution < -0.4 is 11.1 Å². The molecule has 0 aliphatic rings. The first-order chi connectivity index (χ1) is 7.36. The molecule has 1 aromatic rings. The number of nitrogens with zero attached hydrogens (tertiary/aromatic N) is 1. The predicted octanol–water partition coefficient (Wildman–Crippen LogP) is 1.25. The lowest BCUT2D eigenvalue weighted by atomic mass is 10.1. The normalized spacial score (nSPS) is 12.4. The van der Waals surface area contributed by atoms with E-state index in [1.54, 1.807) is 13.3 Å². The summed E-state index contributed by atoms with van der Waals surface area (Å²) >= 11 is 0. The minimum atomic E-state index is 0.308. The van der Waals surface area contributed by atoms with Crippen molar-refractivity contribution in [1.29, 1.82) is 0 Å². The number of methoxy groups -OCH3 is 1. The number of hydrogen-bond acceptors (Lipinski definition) is 4. The fraction of sp³-hybridized carbons (Fsp3) is 0.545. The van der Waals surface area contributed by atoms with Gasteiger partial charge in [0, 0.05) is 25.5 Å². The van der Waals surface area contributed by atoms with E-state index in [2.05, 4.69) is 10.3 Å². The largest absolute Gasteiger partial charge is 0.383 e. The Kier molecular flexibility index (Phi) is 5.73. The number of aromatic nitrogens is 1. The van der Waals surface area contributed by atoms with Crippen molar-refractivity contribution in [1.82, 2.24) is 4.98 Å². The van der Waals surface area contributed by atoms with E-state index in [0.717, 1.165) is 25.1 Å². The molecule has 4 heteroatoms. The summed E-state index contributed by atoms with van der Waals surface area (Å²) in [5.74, 6) is 0. The average Bonchev–Trinajstić information content (AvgIpc) is 2.28. The first-order valence-corrected chi connectivity index (χ1v) is 5.22. The van der Waals surface area contributed by atoms with E-state index in [1.165, 1.54) is 0 Å². The maximum absolute atomic E-state index is 5.49. The second-order valence-electron chi connectivity index (χ2n) is 3.47. The Balaban J connectivity index is 2.43. The van der Waals surface area contributed by atoms with E-state index in [0.29, 0.717) is 12.6 Å². The zero-order chi connectivity index (χ0) is 10.9. The highest BCUT2D eigenvalue weighted by molar-refractivity contribution is 5.40. The van der Waals surface area contributed by atoms with E-state index in [4.69, 9.17) is 10.5 Å². The molecule has 84 valence electrons. The molecule has 15 heavy (non-hydrogen) atoms. The standard InChI is InChI=1S/C11H19N3O/c1-15-9-11(4-2-6-12)14-10-5-3-7-13-8-10/h3,5,7-8,11,14H,2,4,6,9,12H2,1H3. The van der Waals surface area contributed by atoms with Gasteiger partial charge in [-0.25, -0.2) is 0 Å². The highest BCUT2D eigenvalue weighted by Gasteiger charge is 2.07. The molecule has 1 atom stereocenters. The lowest BCUT2D eigenvalue weighted by Crippen LogP contribution is -2.25. The summed E-state index contributed by atoms with van der Waals surface area (Å²) in [6.07, 6.45) is 5.59. The number of nitrogens with one attached hydrogen (secondary N) is 1. The minimum absolute atomic E-state index is 0.308. The third-order valence-electron chi connectivity index (χ3n) is 2.16. The zero-order valence-electron chi connectivity index (χ0n) is 9.15.